The highest BCUT2D eigenvalue weighted by Crippen LogP contribution is 2.16. The number of nitriles is 1. The van der Waals surface area contributed by atoms with Crippen LogP contribution in [0.2, 0.25) is 0 Å². The van der Waals surface area contributed by atoms with Crippen LogP contribution in [0.5, 0.6) is 0 Å². The Morgan fingerprint density at radius 2 is 2.17 bits per heavy atom. The van der Waals surface area contributed by atoms with Crippen molar-refractivity contribution in [1.29, 1.82) is 5.26 Å². The van der Waals surface area contributed by atoms with Gasteiger partial charge in [-0.3, -0.25) is 0 Å². The number of aryl methyl sites for hydroxylation is 1. The summed E-state index contributed by atoms with van der Waals surface area (Å²) in [6, 6.07) is 7.95. The largest absolute Gasteiger partial charge is 0.391 e. The van der Waals surface area contributed by atoms with Crippen LogP contribution in [0.25, 0.3) is 12.2 Å². The van der Waals surface area contributed by atoms with Crippen LogP contribution >= 0.6 is 0 Å². The van der Waals surface area contributed by atoms with Gasteiger partial charge in [-0.05, 0) is 50.5 Å². The zero-order chi connectivity index (χ0) is 21.0. The van der Waals surface area contributed by atoms with Gasteiger partial charge < -0.3 is 15.3 Å². The van der Waals surface area contributed by atoms with E-state index >= 15 is 0 Å². The Kier molecular flexibility index (Phi) is 6.30. The molecule has 1 aromatic heterocycles. The van der Waals surface area contributed by atoms with Crippen LogP contribution in [-0.2, 0) is 6.54 Å². The van der Waals surface area contributed by atoms with Gasteiger partial charge >= 0.3 is 0 Å². The Labute approximate surface area is 171 Å². The number of nitrogens with one attached hydrogen (secondary N) is 1. The third kappa shape index (κ3) is 4.47. The van der Waals surface area contributed by atoms with Crippen molar-refractivity contribution in [2.75, 3.05) is 18.4 Å². The number of benzene rings is 1. The first-order valence-corrected chi connectivity index (χ1v) is 9.80. The summed E-state index contributed by atoms with van der Waals surface area (Å²) in [7, 11) is 0. The zero-order valence-corrected chi connectivity index (χ0v) is 17.2. The topological polar surface area (TPSA) is 85.1 Å². The molecule has 1 fully saturated rings. The maximum absolute atomic E-state index is 9.83. The Hall–Kier alpha value is -3.17. The first kappa shape index (κ1) is 20.6. The molecule has 6 heteroatoms. The summed E-state index contributed by atoms with van der Waals surface area (Å²) in [5.74, 6) is 0.673. The maximum atomic E-state index is 9.83. The fourth-order valence-electron chi connectivity index (χ4n) is 3.63. The normalized spacial score (nSPS) is 17.5. The fourth-order valence-corrected chi connectivity index (χ4v) is 3.63. The van der Waals surface area contributed by atoms with Gasteiger partial charge in [0.2, 0.25) is 0 Å². The lowest BCUT2D eigenvalue weighted by Crippen LogP contribution is -2.34. The summed E-state index contributed by atoms with van der Waals surface area (Å²) >= 11 is 0. The molecule has 2 N–H and O–H groups in total. The summed E-state index contributed by atoms with van der Waals surface area (Å²) in [6.45, 7) is 12.0. The van der Waals surface area contributed by atoms with E-state index in [4.69, 9.17) is 0 Å². The molecule has 2 heterocycles. The van der Waals surface area contributed by atoms with E-state index in [-0.39, 0.29) is 6.10 Å². The second-order valence-corrected chi connectivity index (χ2v) is 7.33. The van der Waals surface area contributed by atoms with E-state index in [1.807, 2.05) is 51.1 Å². The van der Waals surface area contributed by atoms with Crippen molar-refractivity contribution >= 4 is 18.0 Å². The molecule has 3 rings (SSSR count). The average molecular weight is 390 g/mol. The van der Waals surface area contributed by atoms with Crippen LogP contribution in [0, 0.1) is 25.2 Å². The molecule has 0 bridgehead atoms. The molecule has 1 aromatic carbocycles. The number of aromatic nitrogens is 2. The van der Waals surface area contributed by atoms with Gasteiger partial charge in [0, 0.05) is 35.8 Å². The van der Waals surface area contributed by atoms with Crippen LogP contribution in [-0.4, -0.2) is 39.4 Å². The number of likely N-dealkylation sites (tertiary alicyclic amines) is 1. The molecule has 29 heavy (non-hydrogen) atoms. The summed E-state index contributed by atoms with van der Waals surface area (Å²) in [4.78, 5) is 2.09. The number of aliphatic hydroxyl groups is 1. The van der Waals surface area contributed by atoms with Crippen LogP contribution in [0.3, 0.4) is 0 Å². The van der Waals surface area contributed by atoms with Crippen LogP contribution < -0.4 is 15.8 Å². The van der Waals surface area contributed by atoms with Crippen molar-refractivity contribution in [1.82, 2.24) is 15.1 Å². The number of β-amino-alcohol motifs (C(OH)–C–C–N with tert-alkyl or cyclic N) is 1. The lowest BCUT2D eigenvalue weighted by atomic mass is 10.0. The summed E-state index contributed by atoms with van der Waals surface area (Å²) in [5.41, 5.74) is 4.38. The molecule has 1 aliphatic heterocycles. The number of hydrogen-bond acceptors (Lipinski definition) is 6. The van der Waals surface area contributed by atoms with Gasteiger partial charge in [-0.15, -0.1) is 5.10 Å². The van der Waals surface area contributed by atoms with Gasteiger partial charge in [0.15, 0.2) is 5.82 Å². The molecule has 6 nitrogen and oxygen atoms in total. The minimum Gasteiger partial charge on any atom is -0.391 e. The quantitative estimate of drug-likeness (QED) is 0.810. The number of anilines is 1. The molecule has 1 atom stereocenters. The summed E-state index contributed by atoms with van der Waals surface area (Å²) < 4.78 is 0. The number of aliphatic hydroxyl groups excluding tert-OH is 1. The fraction of sp³-hybridized carbons (Fsp3) is 0.348. The highest BCUT2D eigenvalue weighted by Gasteiger charge is 2.20. The van der Waals surface area contributed by atoms with E-state index in [2.05, 4.69) is 33.1 Å². The van der Waals surface area contributed by atoms with Crippen LogP contribution in [0.1, 0.15) is 35.7 Å². The molecular formula is C23H27N5O. The van der Waals surface area contributed by atoms with E-state index in [1.165, 1.54) is 0 Å². The van der Waals surface area contributed by atoms with Crippen LogP contribution in [0.15, 0.2) is 30.5 Å². The second kappa shape index (κ2) is 8.89. The lowest BCUT2D eigenvalue weighted by molar-refractivity contribution is 0.185. The molecular weight excluding hydrogens is 362 g/mol. The van der Waals surface area contributed by atoms with Gasteiger partial charge in [0.25, 0.3) is 0 Å². The smallest absolute Gasteiger partial charge is 0.156 e. The molecule has 0 aliphatic carbocycles. The summed E-state index contributed by atoms with van der Waals surface area (Å²) in [5, 5.41) is 33.1. The molecule has 0 amide bonds. The Balaban J connectivity index is 1.97. The van der Waals surface area contributed by atoms with E-state index in [1.54, 1.807) is 0 Å². The standard InChI is InChI=1S/C23H27N5O/c1-5-21-17(4)26-27-23(22(21)11-15(2)28-10-9-20(29)14-28)25-13-19-8-6-7-18(12-24)16(19)3/h5-8,11,20,29H,2,9-10,13-14H2,1,3-4H3,(H,25,27)/b21-5-,22-11+/t20-/m0/s1. The molecule has 0 saturated carbocycles. The number of hydrogen-bond donors (Lipinski definition) is 2. The average Bonchev–Trinajstić information content (AvgIpc) is 3.15. The van der Waals surface area contributed by atoms with Gasteiger partial charge in [0.05, 0.1) is 23.4 Å². The minimum atomic E-state index is -0.303. The third-order valence-electron chi connectivity index (χ3n) is 5.42. The highest BCUT2D eigenvalue weighted by molar-refractivity contribution is 5.54. The predicted octanol–water partition coefficient (Wildman–Crippen LogP) is 1.74. The lowest BCUT2D eigenvalue weighted by Gasteiger charge is -2.18. The van der Waals surface area contributed by atoms with Crippen molar-refractivity contribution < 1.29 is 5.11 Å². The van der Waals surface area contributed by atoms with Crippen LogP contribution in [0.4, 0.5) is 5.82 Å². The van der Waals surface area contributed by atoms with Gasteiger partial charge in [-0.1, -0.05) is 24.8 Å². The van der Waals surface area contributed by atoms with Crippen molar-refractivity contribution in [3.05, 3.63) is 63.3 Å². The van der Waals surface area contributed by atoms with Crippen molar-refractivity contribution in [2.24, 2.45) is 0 Å². The number of allylic oxidation sites excluding steroid dienone is 1. The van der Waals surface area contributed by atoms with E-state index in [9.17, 15) is 10.4 Å². The number of rotatable bonds is 5. The highest BCUT2D eigenvalue weighted by atomic mass is 16.3. The predicted molar refractivity (Wildman–Crippen MR) is 115 cm³/mol. The second-order valence-electron chi connectivity index (χ2n) is 7.33. The SMILES string of the molecule is C=C(/C=c1/c(NCc2cccc(C#N)c2C)nnc(C)/c1=C/C)N1CC[C@H](O)C1. The molecule has 2 aromatic rings. The Bertz CT molecular complexity index is 1080. The summed E-state index contributed by atoms with van der Waals surface area (Å²) in [6.07, 6.45) is 4.49. The van der Waals surface area contributed by atoms with Gasteiger partial charge in [-0.25, -0.2) is 0 Å². The van der Waals surface area contributed by atoms with Crippen molar-refractivity contribution in [3.63, 3.8) is 0 Å². The van der Waals surface area contributed by atoms with Crippen molar-refractivity contribution in [3.8, 4) is 6.07 Å². The Morgan fingerprint density at radius 1 is 1.38 bits per heavy atom. The van der Waals surface area contributed by atoms with Gasteiger partial charge in [-0.2, -0.15) is 10.4 Å². The van der Waals surface area contributed by atoms with E-state index in [0.717, 1.165) is 45.9 Å². The third-order valence-corrected chi connectivity index (χ3v) is 5.42. The molecule has 0 spiro atoms. The molecule has 0 unspecified atom stereocenters. The molecule has 1 aliphatic rings. The molecule has 150 valence electrons. The Morgan fingerprint density at radius 3 is 2.83 bits per heavy atom. The van der Waals surface area contributed by atoms with E-state index in [0.29, 0.717) is 24.5 Å². The molecule has 0 radical (unpaired) electrons. The first-order valence-electron chi connectivity index (χ1n) is 9.80. The monoisotopic (exact) mass is 389 g/mol. The first-order chi connectivity index (χ1) is 13.9. The van der Waals surface area contributed by atoms with Gasteiger partial charge in [0.1, 0.15) is 0 Å². The zero-order valence-electron chi connectivity index (χ0n) is 17.2. The minimum absolute atomic E-state index is 0.303. The van der Waals surface area contributed by atoms with E-state index < -0.39 is 0 Å². The number of nitrogens with zero attached hydrogens (tertiary/aromatic N) is 4. The molecule has 1 saturated heterocycles. The van der Waals surface area contributed by atoms with Crippen molar-refractivity contribution in [2.45, 2.75) is 39.8 Å². The maximum Gasteiger partial charge on any atom is 0.156 e.